The summed E-state index contributed by atoms with van der Waals surface area (Å²) >= 11 is 5.84. The van der Waals surface area contributed by atoms with Gasteiger partial charge in [0.1, 0.15) is 11.7 Å². The first-order chi connectivity index (χ1) is 10.6. The predicted octanol–water partition coefficient (Wildman–Crippen LogP) is 3.54. The Morgan fingerprint density at radius 3 is 2.65 bits per heavy atom. The molecule has 2 heterocycles. The van der Waals surface area contributed by atoms with Gasteiger partial charge in [-0.25, -0.2) is 4.79 Å². The summed E-state index contributed by atoms with van der Waals surface area (Å²) in [5, 5.41) is 0.298. The van der Waals surface area contributed by atoms with E-state index in [0.29, 0.717) is 30.5 Å². The molecule has 2 rings (SSSR count). The van der Waals surface area contributed by atoms with Crippen molar-refractivity contribution in [2.75, 3.05) is 13.1 Å². The number of hydrogen-bond acceptors (Lipinski definition) is 5. The van der Waals surface area contributed by atoms with Crippen LogP contribution in [-0.2, 0) is 4.74 Å². The average molecular weight is 342 g/mol. The molecule has 1 aromatic heterocycles. The van der Waals surface area contributed by atoms with Crippen LogP contribution in [-0.4, -0.2) is 45.8 Å². The van der Waals surface area contributed by atoms with E-state index in [1.54, 1.807) is 11.1 Å². The number of carbonyl (C=O) groups is 1. The molecule has 1 fully saturated rings. The Kier molecular flexibility index (Phi) is 5.04. The molecule has 0 aliphatic carbocycles. The number of ether oxygens (including phenoxy) is 2. The Balaban J connectivity index is 2.01. The fourth-order valence-electron chi connectivity index (χ4n) is 2.57. The maximum absolute atomic E-state index is 12.2. The van der Waals surface area contributed by atoms with Crippen molar-refractivity contribution in [1.29, 1.82) is 0 Å². The van der Waals surface area contributed by atoms with Crippen LogP contribution < -0.4 is 4.74 Å². The molecule has 1 aliphatic rings. The van der Waals surface area contributed by atoms with Crippen LogP contribution in [0.2, 0.25) is 5.15 Å². The maximum Gasteiger partial charge on any atom is 0.410 e. The molecule has 23 heavy (non-hydrogen) atoms. The summed E-state index contributed by atoms with van der Waals surface area (Å²) < 4.78 is 11.4. The highest BCUT2D eigenvalue weighted by Gasteiger charge is 2.40. The van der Waals surface area contributed by atoms with E-state index in [-0.39, 0.29) is 17.6 Å². The van der Waals surface area contributed by atoms with E-state index in [1.807, 2.05) is 20.8 Å². The number of hydrogen-bond donors (Lipinski definition) is 0. The fourth-order valence-corrected chi connectivity index (χ4v) is 2.71. The SMILES string of the molecule is CC(C)(C)OC(=O)N1CCC(Oc2cncc(Cl)n2)C(C)(C)C1. The second-order valence-corrected chi connectivity index (χ2v) is 7.85. The monoisotopic (exact) mass is 341 g/mol. The predicted molar refractivity (Wildman–Crippen MR) is 87.7 cm³/mol. The van der Waals surface area contributed by atoms with Crippen LogP contribution in [0.4, 0.5) is 4.79 Å². The van der Waals surface area contributed by atoms with Crippen molar-refractivity contribution in [3.05, 3.63) is 17.5 Å². The number of likely N-dealkylation sites (tertiary alicyclic amines) is 1. The summed E-state index contributed by atoms with van der Waals surface area (Å²) in [7, 11) is 0. The second-order valence-electron chi connectivity index (χ2n) is 7.47. The number of rotatable bonds is 2. The first-order valence-corrected chi connectivity index (χ1v) is 8.07. The van der Waals surface area contributed by atoms with Gasteiger partial charge in [0.2, 0.25) is 5.88 Å². The third kappa shape index (κ3) is 4.96. The molecule has 0 saturated carbocycles. The first kappa shape index (κ1) is 17.8. The Hall–Kier alpha value is -1.56. The van der Waals surface area contributed by atoms with Crippen molar-refractivity contribution in [2.24, 2.45) is 5.41 Å². The molecule has 1 atom stereocenters. The molecule has 1 aliphatic heterocycles. The summed E-state index contributed by atoms with van der Waals surface area (Å²) in [6, 6.07) is 0. The summed E-state index contributed by atoms with van der Waals surface area (Å²) in [5.74, 6) is 0.404. The van der Waals surface area contributed by atoms with Crippen LogP contribution in [0, 0.1) is 5.41 Å². The first-order valence-electron chi connectivity index (χ1n) is 7.69. The average Bonchev–Trinajstić information content (AvgIpc) is 2.39. The van der Waals surface area contributed by atoms with Gasteiger partial charge in [-0.15, -0.1) is 0 Å². The van der Waals surface area contributed by atoms with Crippen molar-refractivity contribution in [2.45, 2.75) is 52.7 Å². The molecule has 7 heteroatoms. The third-order valence-electron chi connectivity index (χ3n) is 3.63. The molecule has 0 radical (unpaired) electrons. The van der Waals surface area contributed by atoms with Gasteiger partial charge < -0.3 is 14.4 Å². The number of aromatic nitrogens is 2. The van der Waals surface area contributed by atoms with Crippen molar-refractivity contribution in [3.63, 3.8) is 0 Å². The molecule has 1 aromatic rings. The van der Waals surface area contributed by atoms with Gasteiger partial charge in [0.05, 0.1) is 12.4 Å². The topological polar surface area (TPSA) is 64.5 Å². The van der Waals surface area contributed by atoms with Crippen LogP contribution in [0.15, 0.2) is 12.4 Å². The van der Waals surface area contributed by atoms with Gasteiger partial charge in [-0.3, -0.25) is 4.98 Å². The minimum absolute atomic E-state index is 0.0750. The van der Waals surface area contributed by atoms with Gasteiger partial charge in [0.25, 0.3) is 0 Å². The number of amides is 1. The van der Waals surface area contributed by atoms with E-state index in [4.69, 9.17) is 21.1 Å². The zero-order valence-corrected chi connectivity index (χ0v) is 15.1. The van der Waals surface area contributed by atoms with Gasteiger partial charge in [-0.1, -0.05) is 25.4 Å². The Morgan fingerprint density at radius 1 is 1.39 bits per heavy atom. The van der Waals surface area contributed by atoms with Crippen LogP contribution >= 0.6 is 11.6 Å². The standard InChI is InChI=1S/C16H24ClN3O3/c1-15(2,3)23-14(21)20-7-6-11(16(4,5)10-20)22-13-9-18-8-12(17)19-13/h8-9,11H,6-7,10H2,1-5H3. The lowest BCUT2D eigenvalue weighted by Crippen LogP contribution is -2.53. The largest absolute Gasteiger partial charge is 0.473 e. The summed E-state index contributed by atoms with van der Waals surface area (Å²) in [6.45, 7) is 10.9. The number of nitrogens with zero attached hydrogens (tertiary/aromatic N) is 3. The molecule has 0 spiro atoms. The quantitative estimate of drug-likeness (QED) is 0.823. The van der Waals surface area contributed by atoms with Crippen molar-refractivity contribution in [3.8, 4) is 5.88 Å². The molecule has 0 aromatic carbocycles. The Morgan fingerprint density at radius 2 is 2.09 bits per heavy atom. The molecule has 0 N–H and O–H groups in total. The third-order valence-corrected chi connectivity index (χ3v) is 3.81. The van der Waals surface area contributed by atoms with E-state index in [2.05, 4.69) is 23.8 Å². The summed E-state index contributed by atoms with van der Waals surface area (Å²) in [4.78, 5) is 22.1. The number of halogens is 1. The minimum Gasteiger partial charge on any atom is -0.473 e. The minimum atomic E-state index is -0.495. The zero-order chi connectivity index (χ0) is 17.3. The van der Waals surface area contributed by atoms with Gasteiger partial charge in [-0.2, -0.15) is 4.98 Å². The van der Waals surface area contributed by atoms with Crippen LogP contribution in [0.1, 0.15) is 41.0 Å². The normalized spacial score (nSPS) is 21.0. The zero-order valence-electron chi connectivity index (χ0n) is 14.3. The van der Waals surface area contributed by atoms with Gasteiger partial charge in [0, 0.05) is 24.9 Å². The van der Waals surface area contributed by atoms with Gasteiger partial charge in [-0.05, 0) is 20.8 Å². The Bertz CT molecular complexity index is 572. The maximum atomic E-state index is 12.2. The van der Waals surface area contributed by atoms with Gasteiger partial charge >= 0.3 is 6.09 Å². The fraction of sp³-hybridized carbons (Fsp3) is 0.688. The van der Waals surface area contributed by atoms with E-state index >= 15 is 0 Å². The molecule has 1 unspecified atom stereocenters. The second kappa shape index (κ2) is 6.51. The van der Waals surface area contributed by atoms with E-state index in [0.717, 1.165) is 0 Å². The molecular weight excluding hydrogens is 318 g/mol. The number of piperidine rings is 1. The van der Waals surface area contributed by atoms with Crippen molar-refractivity contribution in [1.82, 2.24) is 14.9 Å². The molecule has 0 bridgehead atoms. The molecule has 128 valence electrons. The van der Waals surface area contributed by atoms with Crippen LogP contribution in [0.5, 0.6) is 5.88 Å². The lowest BCUT2D eigenvalue weighted by atomic mass is 9.81. The van der Waals surface area contributed by atoms with Crippen molar-refractivity contribution >= 4 is 17.7 Å². The van der Waals surface area contributed by atoms with E-state index < -0.39 is 5.60 Å². The highest BCUT2D eigenvalue weighted by molar-refractivity contribution is 6.29. The van der Waals surface area contributed by atoms with Crippen molar-refractivity contribution < 1.29 is 14.3 Å². The molecular formula is C16H24ClN3O3. The molecule has 1 saturated heterocycles. The van der Waals surface area contributed by atoms with E-state index in [9.17, 15) is 4.79 Å². The lowest BCUT2D eigenvalue weighted by Gasteiger charge is -2.43. The lowest BCUT2D eigenvalue weighted by molar-refractivity contribution is -0.0294. The van der Waals surface area contributed by atoms with Crippen LogP contribution in [0.25, 0.3) is 0 Å². The highest BCUT2D eigenvalue weighted by atomic mass is 35.5. The molecule has 6 nitrogen and oxygen atoms in total. The summed E-state index contributed by atoms with van der Waals surface area (Å²) in [5.41, 5.74) is -0.732. The van der Waals surface area contributed by atoms with Crippen LogP contribution in [0.3, 0.4) is 0 Å². The highest BCUT2D eigenvalue weighted by Crippen LogP contribution is 2.33. The number of carbonyl (C=O) groups excluding carboxylic acids is 1. The smallest absolute Gasteiger partial charge is 0.410 e. The van der Waals surface area contributed by atoms with Gasteiger partial charge in [0.15, 0.2) is 5.15 Å². The van der Waals surface area contributed by atoms with E-state index in [1.165, 1.54) is 6.20 Å². The Labute approximate surface area is 142 Å². The molecule has 1 amide bonds. The summed E-state index contributed by atoms with van der Waals surface area (Å²) in [6.07, 6.45) is 3.34.